The SMILES string of the molecule is CC[C@@H](C)c1ccccc1NC(=O)COc1ccc2cc(Br)ccc2c1. The first-order chi connectivity index (χ1) is 12.6. The molecule has 0 saturated carbocycles. The Bertz CT molecular complexity index is 923. The third-order valence-corrected chi connectivity index (χ3v) is 5.02. The minimum Gasteiger partial charge on any atom is -0.484 e. The Morgan fingerprint density at radius 1 is 1.08 bits per heavy atom. The third-order valence-electron chi connectivity index (χ3n) is 4.52. The van der Waals surface area contributed by atoms with Crippen LogP contribution in [0.5, 0.6) is 5.75 Å². The van der Waals surface area contributed by atoms with Crippen LogP contribution in [0.3, 0.4) is 0 Å². The maximum atomic E-state index is 12.3. The van der Waals surface area contributed by atoms with Crippen LogP contribution in [0.4, 0.5) is 5.69 Å². The Hall–Kier alpha value is -2.33. The highest BCUT2D eigenvalue weighted by atomic mass is 79.9. The van der Waals surface area contributed by atoms with Crippen molar-refractivity contribution in [1.29, 1.82) is 0 Å². The molecule has 134 valence electrons. The van der Waals surface area contributed by atoms with Crippen LogP contribution in [0.1, 0.15) is 31.7 Å². The number of nitrogens with one attached hydrogen (secondary N) is 1. The summed E-state index contributed by atoms with van der Waals surface area (Å²) in [6.45, 7) is 4.29. The lowest BCUT2D eigenvalue weighted by molar-refractivity contribution is -0.118. The van der Waals surface area contributed by atoms with E-state index in [1.54, 1.807) is 0 Å². The lowest BCUT2D eigenvalue weighted by Gasteiger charge is -2.16. The van der Waals surface area contributed by atoms with E-state index in [0.29, 0.717) is 11.7 Å². The van der Waals surface area contributed by atoms with Gasteiger partial charge in [0.05, 0.1) is 0 Å². The van der Waals surface area contributed by atoms with Crippen LogP contribution < -0.4 is 10.1 Å². The topological polar surface area (TPSA) is 38.3 Å². The van der Waals surface area contributed by atoms with Crippen LogP contribution in [0.2, 0.25) is 0 Å². The van der Waals surface area contributed by atoms with Crippen LogP contribution in [0.15, 0.2) is 65.1 Å². The van der Waals surface area contributed by atoms with Crippen molar-refractivity contribution in [2.45, 2.75) is 26.2 Å². The highest BCUT2D eigenvalue weighted by Crippen LogP contribution is 2.27. The predicted molar refractivity (Wildman–Crippen MR) is 111 cm³/mol. The van der Waals surface area contributed by atoms with Gasteiger partial charge in [0.25, 0.3) is 5.91 Å². The number of halogens is 1. The van der Waals surface area contributed by atoms with Crippen LogP contribution >= 0.6 is 15.9 Å². The second-order valence-electron chi connectivity index (χ2n) is 6.39. The molecule has 3 aromatic carbocycles. The lowest BCUT2D eigenvalue weighted by atomic mass is 9.97. The standard InChI is InChI=1S/C22H22BrNO2/c1-3-15(2)20-6-4-5-7-21(20)24-22(25)14-26-19-11-9-16-12-18(23)10-8-17(16)13-19/h4-13,15H,3,14H2,1-2H3,(H,24,25)/t15-/m1/s1. The molecule has 0 fully saturated rings. The number of hydrogen-bond acceptors (Lipinski definition) is 2. The highest BCUT2D eigenvalue weighted by Gasteiger charge is 2.11. The normalized spacial score (nSPS) is 12.0. The molecule has 1 amide bonds. The number of hydrogen-bond donors (Lipinski definition) is 1. The van der Waals surface area contributed by atoms with Crippen molar-refractivity contribution in [2.75, 3.05) is 11.9 Å². The largest absolute Gasteiger partial charge is 0.484 e. The third kappa shape index (κ3) is 4.44. The minimum atomic E-state index is -0.156. The summed E-state index contributed by atoms with van der Waals surface area (Å²) in [7, 11) is 0. The molecular weight excluding hydrogens is 390 g/mol. The van der Waals surface area contributed by atoms with Gasteiger partial charge in [-0.05, 0) is 59.0 Å². The first-order valence-electron chi connectivity index (χ1n) is 8.77. The molecule has 0 bridgehead atoms. The molecule has 0 aliphatic heterocycles. The number of para-hydroxylation sites is 1. The number of benzene rings is 3. The summed E-state index contributed by atoms with van der Waals surface area (Å²) in [5.74, 6) is 0.925. The smallest absolute Gasteiger partial charge is 0.262 e. The van der Waals surface area contributed by atoms with E-state index in [1.807, 2.05) is 48.5 Å². The lowest BCUT2D eigenvalue weighted by Crippen LogP contribution is -2.21. The summed E-state index contributed by atoms with van der Waals surface area (Å²) in [6.07, 6.45) is 1.02. The zero-order valence-corrected chi connectivity index (χ0v) is 16.5. The van der Waals surface area contributed by atoms with E-state index in [2.05, 4.69) is 47.2 Å². The molecule has 0 unspecified atom stereocenters. The van der Waals surface area contributed by atoms with Gasteiger partial charge in [0, 0.05) is 10.2 Å². The van der Waals surface area contributed by atoms with Crippen molar-refractivity contribution in [1.82, 2.24) is 0 Å². The Kier molecular flexibility index (Phi) is 5.94. The van der Waals surface area contributed by atoms with Gasteiger partial charge in [-0.25, -0.2) is 0 Å². The average molecular weight is 412 g/mol. The van der Waals surface area contributed by atoms with Crippen molar-refractivity contribution in [3.63, 3.8) is 0 Å². The fraction of sp³-hybridized carbons (Fsp3) is 0.227. The molecule has 3 rings (SSSR count). The maximum absolute atomic E-state index is 12.3. The van der Waals surface area contributed by atoms with Gasteiger partial charge in [0.2, 0.25) is 0 Å². The van der Waals surface area contributed by atoms with E-state index in [4.69, 9.17) is 4.74 Å². The number of rotatable bonds is 6. The molecule has 4 heteroatoms. The molecule has 0 aliphatic rings. The average Bonchev–Trinajstić information content (AvgIpc) is 2.66. The van der Waals surface area contributed by atoms with Crippen LogP contribution in [-0.4, -0.2) is 12.5 Å². The van der Waals surface area contributed by atoms with Crippen LogP contribution in [-0.2, 0) is 4.79 Å². The first kappa shape index (κ1) is 18.5. The molecular formula is C22H22BrNO2. The molecule has 0 aliphatic carbocycles. The fourth-order valence-electron chi connectivity index (χ4n) is 2.88. The molecule has 1 atom stereocenters. The number of fused-ring (bicyclic) bond motifs is 1. The van der Waals surface area contributed by atoms with Gasteiger partial charge in [-0.1, -0.05) is 60.1 Å². The van der Waals surface area contributed by atoms with Gasteiger partial charge in [-0.3, -0.25) is 4.79 Å². The summed E-state index contributed by atoms with van der Waals surface area (Å²) >= 11 is 3.47. The monoisotopic (exact) mass is 411 g/mol. The second-order valence-corrected chi connectivity index (χ2v) is 7.30. The number of carbonyl (C=O) groups is 1. The van der Waals surface area contributed by atoms with Crippen molar-refractivity contribution in [3.8, 4) is 5.75 Å². The second kappa shape index (κ2) is 8.37. The van der Waals surface area contributed by atoms with E-state index in [-0.39, 0.29) is 12.5 Å². The van der Waals surface area contributed by atoms with Crippen molar-refractivity contribution < 1.29 is 9.53 Å². The Morgan fingerprint density at radius 3 is 2.62 bits per heavy atom. The first-order valence-corrected chi connectivity index (χ1v) is 9.57. The summed E-state index contributed by atoms with van der Waals surface area (Å²) in [6, 6.07) is 19.8. The van der Waals surface area contributed by atoms with Gasteiger partial charge in [-0.2, -0.15) is 0 Å². The van der Waals surface area contributed by atoms with Gasteiger partial charge >= 0.3 is 0 Å². The van der Waals surface area contributed by atoms with E-state index in [0.717, 1.165) is 32.9 Å². The summed E-state index contributed by atoms with van der Waals surface area (Å²) in [5.41, 5.74) is 2.01. The number of carbonyl (C=O) groups excluding carboxylic acids is 1. The summed E-state index contributed by atoms with van der Waals surface area (Å²) < 4.78 is 6.72. The van der Waals surface area contributed by atoms with Gasteiger partial charge < -0.3 is 10.1 Å². The summed E-state index contributed by atoms with van der Waals surface area (Å²) in [5, 5.41) is 5.17. The molecule has 1 N–H and O–H groups in total. The van der Waals surface area contributed by atoms with Crippen molar-refractivity contribution in [3.05, 3.63) is 70.7 Å². The van der Waals surface area contributed by atoms with Crippen LogP contribution in [0, 0.1) is 0 Å². The minimum absolute atomic E-state index is 0.0170. The fourth-order valence-corrected chi connectivity index (χ4v) is 3.26. The Balaban J connectivity index is 1.65. The molecule has 0 aromatic heterocycles. The van der Waals surface area contributed by atoms with Crippen molar-refractivity contribution in [2.24, 2.45) is 0 Å². The zero-order chi connectivity index (χ0) is 18.5. The number of amides is 1. The molecule has 0 spiro atoms. The van der Waals surface area contributed by atoms with Gasteiger partial charge in [0.15, 0.2) is 6.61 Å². The maximum Gasteiger partial charge on any atom is 0.262 e. The predicted octanol–water partition coefficient (Wildman–Crippen LogP) is 6.13. The molecule has 0 radical (unpaired) electrons. The molecule has 3 nitrogen and oxygen atoms in total. The Morgan fingerprint density at radius 2 is 1.81 bits per heavy atom. The Labute approximate surface area is 162 Å². The number of anilines is 1. The van der Waals surface area contributed by atoms with Crippen LogP contribution in [0.25, 0.3) is 10.8 Å². The quantitative estimate of drug-likeness (QED) is 0.529. The van der Waals surface area contributed by atoms with Gasteiger partial charge in [-0.15, -0.1) is 0 Å². The van der Waals surface area contributed by atoms with E-state index in [1.165, 1.54) is 0 Å². The van der Waals surface area contributed by atoms with E-state index in [9.17, 15) is 4.79 Å². The summed E-state index contributed by atoms with van der Waals surface area (Å²) in [4.78, 5) is 12.3. The van der Waals surface area contributed by atoms with E-state index >= 15 is 0 Å². The van der Waals surface area contributed by atoms with E-state index < -0.39 is 0 Å². The molecule has 3 aromatic rings. The highest BCUT2D eigenvalue weighted by molar-refractivity contribution is 9.10. The molecule has 0 heterocycles. The molecule has 26 heavy (non-hydrogen) atoms. The zero-order valence-electron chi connectivity index (χ0n) is 15.0. The van der Waals surface area contributed by atoms with Crippen molar-refractivity contribution >= 4 is 38.3 Å². The molecule has 0 saturated heterocycles. The van der Waals surface area contributed by atoms with Gasteiger partial charge in [0.1, 0.15) is 5.75 Å². The number of ether oxygens (including phenoxy) is 1.